The quantitative estimate of drug-likeness (QED) is 0.515. The van der Waals surface area contributed by atoms with Crippen molar-refractivity contribution in [2.24, 2.45) is 41.4 Å². The second-order valence-corrected chi connectivity index (χ2v) is 10.1. The van der Waals surface area contributed by atoms with Gasteiger partial charge in [0, 0.05) is 0 Å². The van der Waals surface area contributed by atoms with E-state index >= 15 is 0 Å². The Morgan fingerprint density at radius 1 is 0.609 bits per heavy atom. The molecule has 4 saturated carbocycles. The molecule has 132 valence electrons. The lowest BCUT2D eigenvalue weighted by atomic mass is 9.62. The minimum Gasteiger partial charge on any atom is -0.0622 e. The largest absolute Gasteiger partial charge is 0.0622 e. The van der Waals surface area contributed by atoms with Gasteiger partial charge in [-0.05, 0) is 80.0 Å². The third-order valence-electron chi connectivity index (χ3n) is 8.74. The van der Waals surface area contributed by atoms with Gasteiger partial charge in [0.2, 0.25) is 0 Å². The van der Waals surface area contributed by atoms with Crippen LogP contribution in [0.15, 0.2) is 0 Å². The predicted molar refractivity (Wildman–Crippen MR) is 99.4 cm³/mol. The molecule has 4 rings (SSSR count). The van der Waals surface area contributed by atoms with Crippen molar-refractivity contribution in [2.75, 3.05) is 0 Å². The van der Waals surface area contributed by atoms with E-state index in [0.717, 1.165) is 41.4 Å². The van der Waals surface area contributed by atoms with Crippen molar-refractivity contribution < 1.29 is 0 Å². The molecule has 0 nitrogen and oxygen atoms in total. The van der Waals surface area contributed by atoms with Crippen LogP contribution in [0.5, 0.6) is 0 Å². The lowest BCUT2D eigenvalue weighted by molar-refractivity contribution is 0.0764. The van der Waals surface area contributed by atoms with Gasteiger partial charge in [0.25, 0.3) is 0 Å². The summed E-state index contributed by atoms with van der Waals surface area (Å²) in [5.41, 5.74) is 0. The third-order valence-corrected chi connectivity index (χ3v) is 8.74. The molecule has 0 aromatic heterocycles. The van der Waals surface area contributed by atoms with E-state index in [1.165, 1.54) is 25.7 Å². The Balaban J connectivity index is 1.27. The molecule has 4 aliphatic carbocycles. The SMILES string of the molecule is CC(CC1CCC2CCCCC2C1)C1CCC2CCCCC2C1. The molecule has 0 aromatic rings. The highest BCUT2D eigenvalue weighted by molar-refractivity contribution is 4.88. The topological polar surface area (TPSA) is 0 Å². The van der Waals surface area contributed by atoms with Gasteiger partial charge in [-0.25, -0.2) is 0 Å². The van der Waals surface area contributed by atoms with Crippen LogP contribution in [0.4, 0.5) is 0 Å². The van der Waals surface area contributed by atoms with Crippen molar-refractivity contribution in [3.8, 4) is 0 Å². The lowest BCUT2D eigenvalue weighted by Crippen LogP contribution is -2.32. The molecule has 7 unspecified atom stereocenters. The van der Waals surface area contributed by atoms with Crippen LogP contribution in [0.2, 0.25) is 0 Å². The molecule has 0 amide bonds. The summed E-state index contributed by atoms with van der Waals surface area (Å²) in [5.74, 6) is 7.70. The van der Waals surface area contributed by atoms with E-state index in [2.05, 4.69) is 6.92 Å². The summed E-state index contributed by atoms with van der Waals surface area (Å²) in [6.45, 7) is 2.63. The van der Waals surface area contributed by atoms with E-state index in [0.29, 0.717) is 0 Å². The molecule has 0 N–H and O–H groups in total. The summed E-state index contributed by atoms with van der Waals surface area (Å²) >= 11 is 0. The van der Waals surface area contributed by atoms with Crippen LogP contribution in [0.25, 0.3) is 0 Å². The van der Waals surface area contributed by atoms with Crippen LogP contribution >= 0.6 is 0 Å². The number of hydrogen-bond acceptors (Lipinski definition) is 0. The van der Waals surface area contributed by atoms with Crippen molar-refractivity contribution in [2.45, 2.75) is 103 Å². The van der Waals surface area contributed by atoms with E-state index in [-0.39, 0.29) is 0 Å². The molecule has 0 bridgehead atoms. The zero-order chi connectivity index (χ0) is 15.6. The molecule has 4 aliphatic rings. The van der Waals surface area contributed by atoms with Gasteiger partial charge in [-0.1, -0.05) is 64.7 Å². The fourth-order valence-corrected chi connectivity index (χ4v) is 7.33. The summed E-state index contributed by atoms with van der Waals surface area (Å²) in [4.78, 5) is 0. The molecular weight excluding hydrogens is 276 g/mol. The van der Waals surface area contributed by atoms with Crippen molar-refractivity contribution in [3.63, 3.8) is 0 Å². The van der Waals surface area contributed by atoms with Crippen LogP contribution in [-0.4, -0.2) is 0 Å². The maximum absolute atomic E-state index is 2.63. The zero-order valence-corrected chi connectivity index (χ0v) is 15.6. The molecule has 4 fully saturated rings. The number of fused-ring (bicyclic) bond motifs is 2. The second kappa shape index (κ2) is 7.49. The first-order valence-corrected chi connectivity index (χ1v) is 11.3. The highest BCUT2D eigenvalue weighted by Gasteiger charge is 2.36. The van der Waals surface area contributed by atoms with Crippen LogP contribution in [-0.2, 0) is 0 Å². The molecule has 0 heterocycles. The average Bonchev–Trinajstić information content (AvgIpc) is 2.61. The first-order valence-electron chi connectivity index (χ1n) is 11.3. The lowest BCUT2D eigenvalue weighted by Gasteiger charge is -2.43. The van der Waals surface area contributed by atoms with Crippen molar-refractivity contribution in [1.29, 1.82) is 0 Å². The van der Waals surface area contributed by atoms with Gasteiger partial charge in [-0.3, -0.25) is 0 Å². The van der Waals surface area contributed by atoms with E-state index in [1.54, 1.807) is 70.6 Å². The number of hydrogen-bond donors (Lipinski definition) is 0. The van der Waals surface area contributed by atoms with Gasteiger partial charge in [0.15, 0.2) is 0 Å². The van der Waals surface area contributed by atoms with Crippen LogP contribution in [0.3, 0.4) is 0 Å². The molecule has 0 radical (unpaired) electrons. The monoisotopic (exact) mass is 316 g/mol. The summed E-state index contributed by atoms with van der Waals surface area (Å²) in [6.07, 6.45) is 23.5. The minimum absolute atomic E-state index is 1.02. The van der Waals surface area contributed by atoms with E-state index in [1.807, 2.05) is 0 Å². The molecule has 0 saturated heterocycles. The Morgan fingerprint density at radius 2 is 1.17 bits per heavy atom. The Kier molecular flexibility index (Phi) is 5.36. The Labute approximate surface area is 145 Å². The summed E-state index contributed by atoms with van der Waals surface area (Å²) in [5, 5.41) is 0. The molecule has 7 atom stereocenters. The maximum Gasteiger partial charge on any atom is -0.0383 e. The normalized spacial score (nSPS) is 45.8. The second-order valence-electron chi connectivity index (χ2n) is 10.1. The van der Waals surface area contributed by atoms with E-state index < -0.39 is 0 Å². The summed E-state index contributed by atoms with van der Waals surface area (Å²) < 4.78 is 0. The number of rotatable bonds is 3. The van der Waals surface area contributed by atoms with Gasteiger partial charge >= 0.3 is 0 Å². The standard InChI is InChI=1S/C23H40/c1-17(21-13-12-20-7-3-5-9-23(20)16-21)14-18-10-11-19-6-2-4-8-22(19)15-18/h17-23H,2-16H2,1H3. The summed E-state index contributed by atoms with van der Waals surface area (Å²) in [6, 6.07) is 0. The predicted octanol–water partition coefficient (Wildman–Crippen LogP) is 7.23. The van der Waals surface area contributed by atoms with Gasteiger partial charge in [0.1, 0.15) is 0 Å². The average molecular weight is 317 g/mol. The molecule has 0 heteroatoms. The van der Waals surface area contributed by atoms with Crippen molar-refractivity contribution in [1.82, 2.24) is 0 Å². The van der Waals surface area contributed by atoms with Gasteiger partial charge in [-0.2, -0.15) is 0 Å². The molecule has 0 aromatic carbocycles. The fraction of sp³-hybridized carbons (Fsp3) is 1.00. The Morgan fingerprint density at radius 3 is 1.87 bits per heavy atom. The van der Waals surface area contributed by atoms with Crippen LogP contribution in [0.1, 0.15) is 103 Å². The van der Waals surface area contributed by atoms with Crippen LogP contribution in [0, 0.1) is 41.4 Å². The van der Waals surface area contributed by atoms with E-state index in [4.69, 9.17) is 0 Å². The van der Waals surface area contributed by atoms with Gasteiger partial charge in [0.05, 0.1) is 0 Å². The van der Waals surface area contributed by atoms with Crippen molar-refractivity contribution in [3.05, 3.63) is 0 Å². The Bertz CT molecular complexity index is 372. The zero-order valence-electron chi connectivity index (χ0n) is 15.6. The first-order chi connectivity index (χ1) is 11.3. The van der Waals surface area contributed by atoms with Gasteiger partial charge in [-0.15, -0.1) is 0 Å². The van der Waals surface area contributed by atoms with Gasteiger partial charge < -0.3 is 0 Å². The molecule has 0 aliphatic heterocycles. The molecular formula is C23H40. The molecule has 23 heavy (non-hydrogen) atoms. The smallest absolute Gasteiger partial charge is 0.0383 e. The van der Waals surface area contributed by atoms with E-state index in [9.17, 15) is 0 Å². The maximum atomic E-state index is 2.63. The summed E-state index contributed by atoms with van der Waals surface area (Å²) in [7, 11) is 0. The first kappa shape index (κ1) is 16.5. The molecule has 0 spiro atoms. The van der Waals surface area contributed by atoms with Crippen LogP contribution < -0.4 is 0 Å². The van der Waals surface area contributed by atoms with Crippen molar-refractivity contribution >= 4 is 0 Å². The highest BCUT2D eigenvalue weighted by Crippen LogP contribution is 2.48. The Hall–Kier alpha value is 0. The minimum atomic E-state index is 1.02. The fourth-order valence-electron chi connectivity index (χ4n) is 7.33. The highest BCUT2D eigenvalue weighted by atomic mass is 14.4. The third kappa shape index (κ3) is 3.82.